The van der Waals surface area contributed by atoms with Gasteiger partial charge in [0.1, 0.15) is 12.4 Å². The van der Waals surface area contributed by atoms with Gasteiger partial charge in [-0.05, 0) is 12.1 Å². The van der Waals surface area contributed by atoms with Crippen LogP contribution in [0, 0.1) is 0 Å². The number of benzene rings is 1. The lowest BCUT2D eigenvalue weighted by Crippen LogP contribution is -2.38. The molecule has 1 aromatic heterocycles. The Morgan fingerprint density at radius 3 is 2.87 bits per heavy atom. The van der Waals surface area contributed by atoms with Crippen LogP contribution in [0.2, 0.25) is 0 Å². The highest BCUT2D eigenvalue weighted by molar-refractivity contribution is 5.93. The zero-order valence-electron chi connectivity index (χ0n) is 13.6. The standard InChI is InChI=1S/C17H21N3O3/c1-17(2,3)14-10-16(23-19-14)18-15(21)11-20-8-9-22-13-7-5-4-6-12(13)20/h4-7,10H,8-9,11H2,1-3H3,(H,18,21). The van der Waals surface area contributed by atoms with Crippen molar-refractivity contribution in [1.82, 2.24) is 5.16 Å². The number of nitrogens with zero attached hydrogens (tertiary/aromatic N) is 2. The molecule has 23 heavy (non-hydrogen) atoms. The second kappa shape index (κ2) is 5.95. The van der Waals surface area contributed by atoms with Crippen molar-refractivity contribution in [2.75, 3.05) is 29.9 Å². The molecule has 0 spiro atoms. The summed E-state index contributed by atoms with van der Waals surface area (Å²) in [6.07, 6.45) is 0. The van der Waals surface area contributed by atoms with E-state index in [1.165, 1.54) is 0 Å². The first-order chi connectivity index (χ1) is 10.9. The number of hydrogen-bond donors (Lipinski definition) is 1. The van der Waals surface area contributed by atoms with E-state index >= 15 is 0 Å². The first kappa shape index (κ1) is 15.4. The smallest absolute Gasteiger partial charge is 0.246 e. The Kier molecular flexibility index (Phi) is 3.98. The number of carbonyl (C=O) groups is 1. The maximum Gasteiger partial charge on any atom is 0.246 e. The van der Waals surface area contributed by atoms with Gasteiger partial charge in [-0.2, -0.15) is 0 Å². The van der Waals surface area contributed by atoms with Crippen molar-refractivity contribution in [1.29, 1.82) is 0 Å². The summed E-state index contributed by atoms with van der Waals surface area (Å²) in [4.78, 5) is 14.3. The summed E-state index contributed by atoms with van der Waals surface area (Å²) in [7, 11) is 0. The van der Waals surface area contributed by atoms with Gasteiger partial charge < -0.3 is 14.2 Å². The highest BCUT2D eigenvalue weighted by Crippen LogP contribution is 2.30. The van der Waals surface area contributed by atoms with Gasteiger partial charge in [-0.15, -0.1) is 0 Å². The first-order valence-electron chi connectivity index (χ1n) is 7.67. The quantitative estimate of drug-likeness (QED) is 0.943. The molecule has 1 aromatic carbocycles. The molecular formula is C17H21N3O3. The molecule has 1 aliphatic heterocycles. The number of nitrogens with one attached hydrogen (secondary N) is 1. The fourth-order valence-electron chi connectivity index (χ4n) is 2.43. The van der Waals surface area contributed by atoms with Crippen molar-refractivity contribution in [2.24, 2.45) is 0 Å². The molecule has 1 aliphatic rings. The summed E-state index contributed by atoms with van der Waals surface area (Å²) >= 11 is 0. The average molecular weight is 315 g/mol. The molecule has 3 rings (SSSR count). The molecule has 0 unspecified atom stereocenters. The minimum absolute atomic E-state index is 0.115. The molecular weight excluding hydrogens is 294 g/mol. The summed E-state index contributed by atoms with van der Waals surface area (Å²) in [5, 5.41) is 6.76. The minimum Gasteiger partial charge on any atom is -0.490 e. The van der Waals surface area contributed by atoms with Crippen LogP contribution >= 0.6 is 0 Å². The van der Waals surface area contributed by atoms with E-state index in [9.17, 15) is 4.79 Å². The van der Waals surface area contributed by atoms with Gasteiger partial charge in [0, 0.05) is 11.5 Å². The van der Waals surface area contributed by atoms with Gasteiger partial charge >= 0.3 is 0 Å². The Hall–Kier alpha value is -2.50. The van der Waals surface area contributed by atoms with Gasteiger partial charge in [0.15, 0.2) is 0 Å². The van der Waals surface area contributed by atoms with Crippen molar-refractivity contribution in [3.8, 4) is 5.75 Å². The first-order valence-corrected chi connectivity index (χ1v) is 7.67. The molecule has 0 aliphatic carbocycles. The number of rotatable bonds is 3. The molecule has 0 saturated heterocycles. The summed E-state index contributed by atoms with van der Waals surface area (Å²) in [6, 6.07) is 9.49. The number of hydrogen-bond acceptors (Lipinski definition) is 5. The zero-order chi connectivity index (χ0) is 16.4. The van der Waals surface area contributed by atoms with E-state index in [1.807, 2.05) is 49.9 Å². The van der Waals surface area contributed by atoms with Crippen molar-refractivity contribution in [2.45, 2.75) is 26.2 Å². The Morgan fingerprint density at radius 2 is 2.13 bits per heavy atom. The number of aromatic nitrogens is 1. The fourth-order valence-corrected chi connectivity index (χ4v) is 2.43. The van der Waals surface area contributed by atoms with Crippen LogP contribution in [0.5, 0.6) is 5.75 Å². The second-order valence-electron chi connectivity index (χ2n) is 6.61. The predicted molar refractivity (Wildman–Crippen MR) is 88.0 cm³/mol. The summed E-state index contributed by atoms with van der Waals surface area (Å²) in [6.45, 7) is 7.62. The third-order valence-electron chi connectivity index (χ3n) is 3.70. The van der Waals surface area contributed by atoms with Crippen molar-refractivity contribution >= 4 is 17.5 Å². The Labute approximate surface area is 135 Å². The average Bonchev–Trinajstić information content (AvgIpc) is 2.96. The van der Waals surface area contributed by atoms with Crippen LogP contribution in [-0.4, -0.2) is 30.8 Å². The van der Waals surface area contributed by atoms with Crippen LogP contribution < -0.4 is 15.0 Å². The van der Waals surface area contributed by atoms with Crippen LogP contribution in [-0.2, 0) is 10.2 Å². The number of ether oxygens (including phenoxy) is 1. The summed E-state index contributed by atoms with van der Waals surface area (Å²) in [5.74, 6) is 1.04. The van der Waals surface area contributed by atoms with E-state index in [2.05, 4.69) is 10.5 Å². The van der Waals surface area contributed by atoms with E-state index in [-0.39, 0.29) is 17.9 Å². The van der Waals surface area contributed by atoms with Gasteiger partial charge in [0.25, 0.3) is 0 Å². The SMILES string of the molecule is CC(C)(C)c1cc(NC(=O)CN2CCOc3ccccc32)on1. The molecule has 122 valence electrons. The molecule has 6 nitrogen and oxygen atoms in total. The van der Waals surface area contributed by atoms with E-state index in [1.54, 1.807) is 6.07 Å². The minimum atomic E-state index is -0.140. The molecule has 2 heterocycles. The molecule has 0 saturated carbocycles. The molecule has 1 N–H and O–H groups in total. The molecule has 0 atom stereocenters. The van der Waals surface area contributed by atoms with Crippen molar-refractivity contribution in [3.63, 3.8) is 0 Å². The second-order valence-corrected chi connectivity index (χ2v) is 6.61. The lowest BCUT2D eigenvalue weighted by Gasteiger charge is -2.30. The number of fused-ring (bicyclic) bond motifs is 1. The van der Waals surface area contributed by atoms with Gasteiger partial charge in [-0.25, -0.2) is 0 Å². The van der Waals surface area contributed by atoms with Crippen LogP contribution in [0.15, 0.2) is 34.9 Å². The lowest BCUT2D eigenvalue weighted by atomic mass is 9.92. The number of para-hydroxylation sites is 2. The lowest BCUT2D eigenvalue weighted by molar-refractivity contribution is -0.115. The molecule has 0 fully saturated rings. The van der Waals surface area contributed by atoms with Gasteiger partial charge in [0.2, 0.25) is 11.8 Å². The third kappa shape index (κ3) is 3.47. The van der Waals surface area contributed by atoms with Crippen LogP contribution in [0.4, 0.5) is 11.6 Å². The van der Waals surface area contributed by atoms with Crippen molar-refractivity contribution < 1.29 is 14.1 Å². The van der Waals surface area contributed by atoms with E-state index in [4.69, 9.17) is 9.26 Å². The molecule has 2 aromatic rings. The molecule has 0 bridgehead atoms. The maximum atomic E-state index is 12.3. The van der Waals surface area contributed by atoms with Crippen molar-refractivity contribution in [3.05, 3.63) is 36.0 Å². The van der Waals surface area contributed by atoms with E-state index < -0.39 is 0 Å². The normalized spacial score (nSPS) is 14.1. The topological polar surface area (TPSA) is 67.6 Å². The number of carbonyl (C=O) groups excluding carboxylic acids is 1. The van der Waals surface area contributed by atoms with E-state index in [0.29, 0.717) is 19.0 Å². The monoisotopic (exact) mass is 315 g/mol. The van der Waals surface area contributed by atoms with Gasteiger partial charge in [-0.1, -0.05) is 38.1 Å². The fraction of sp³-hybridized carbons (Fsp3) is 0.412. The Bertz CT molecular complexity index is 703. The number of amides is 1. The molecule has 0 radical (unpaired) electrons. The molecule has 6 heteroatoms. The molecule has 1 amide bonds. The zero-order valence-corrected chi connectivity index (χ0v) is 13.6. The van der Waals surface area contributed by atoms with Gasteiger partial charge in [0.05, 0.1) is 24.5 Å². The summed E-state index contributed by atoms with van der Waals surface area (Å²) in [5.41, 5.74) is 1.63. The number of anilines is 2. The Morgan fingerprint density at radius 1 is 1.35 bits per heavy atom. The largest absolute Gasteiger partial charge is 0.490 e. The van der Waals surface area contributed by atoms with Crippen LogP contribution in [0.3, 0.4) is 0 Å². The van der Waals surface area contributed by atoms with Crippen LogP contribution in [0.1, 0.15) is 26.5 Å². The highest BCUT2D eigenvalue weighted by atomic mass is 16.5. The third-order valence-corrected chi connectivity index (χ3v) is 3.70. The Balaban J connectivity index is 1.65. The maximum absolute atomic E-state index is 12.3. The predicted octanol–water partition coefficient (Wildman–Crippen LogP) is 2.81. The van der Waals surface area contributed by atoms with Gasteiger partial charge in [-0.3, -0.25) is 10.1 Å². The van der Waals surface area contributed by atoms with Crippen LogP contribution in [0.25, 0.3) is 0 Å². The summed E-state index contributed by atoms with van der Waals surface area (Å²) < 4.78 is 10.8. The highest BCUT2D eigenvalue weighted by Gasteiger charge is 2.22. The van der Waals surface area contributed by atoms with E-state index in [0.717, 1.165) is 17.1 Å².